The van der Waals surface area contributed by atoms with Crippen molar-refractivity contribution >= 4 is 8.07 Å². The molecule has 0 bridgehead atoms. The fourth-order valence-electron chi connectivity index (χ4n) is 8.04. The average Bonchev–Trinajstić information content (AvgIpc) is 3.46. The van der Waals surface area contributed by atoms with E-state index in [-0.39, 0.29) is 5.60 Å². The van der Waals surface area contributed by atoms with Crippen LogP contribution in [0.1, 0.15) is 85.7 Å². The van der Waals surface area contributed by atoms with E-state index in [0.717, 1.165) is 13.0 Å². The molecular formula is C37H44OSi. The van der Waals surface area contributed by atoms with Gasteiger partial charge in [-0.25, -0.2) is 0 Å². The molecule has 2 heteroatoms. The van der Waals surface area contributed by atoms with E-state index < -0.39 is 8.07 Å². The van der Waals surface area contributed by atoms with Gasteiger partial charge in [0, 0.05) is 18.1 Å². The predicted molar refractivity (Wildman–Crippen MR) is 168 cm³/mol. The second kappa shape index (κ2) is 10.7. The molecule has 3 aromatic carbocycles. The fourth-order valence-corrected chi connectivity index (χ4v) is 14.1. The van der Waals surface area contributed by atoms with E-state index in [2.05, 4.69) is 124 Å². The summed E-state index contributed by atoms with van der Waals surface area (Å²) in [4.78, 5) is 0. The molecule has 0 radical (unpaired) electrons. The summed E-state index contributed by atoms with van der Waals surface area (Å²) in [6.45, 7) is 10.1. The van der Waals surface area contributed by atoms with E-state index in [1.807, 2.05) is 0 Å². The minimum Gasteiger partial charge on any atom is -0.376 e. The maximum absolute atomic E-state index is 6.01. The van der Waals surface area contributed by atoms with Crippen molar-refractivity contribution < 1.29 is 4.74 Å². The number of allylic oxidation sites excluding steroid dienone is 4. The minimum atomic E-state index is -1.96. The number of unbranched alkanes of at least 4 members (excludes halogenated alkanes) is 3. The first kappa shape index (κ1) is 26.5. The van der Waals surface area contributed by atoms with E-state index in [9.17, 15) is 0 Å². The zero-order valence-corrected chi connectivity index (χ0v) is 25.2. The summed E-state index contributed by atoms with van der Waals surface area (Å²) in [6, 6.07) is 29.4. The van der Waals surface area contributed by atoms with Crippen LogP contribution in [0.2, 0.25) is 12.6 Å². The maximum atomic E-state index is 6.01. The molecular weight excluding hydrogens is 488 g/mol. The van der Waals surface area contributed by atoms with Crippen LogP contribution in [0.25, 0.3) is 11.1 Å². The summed E-state index contributed by atoms with van der Waals surface area (Å²) in [5.41, 5.74) is 10.4. The molecule has 0 saturated heterocycles. The van der Waals surface area contributed by atoms with Crippen molar-refractivity contribution in [2.45, 2.75) is 81.6 Å². The zero-order valence-electron chi connectivity index (χ0n) is 24.2. The van der Waals surface area contributed by atoms with Crippen molar-refractivity contribution in [3.8, 4) is 11.1 Å². The third-order valence-corrected chi connectivity index (χ3v) is 15.1. The first-order chi connectivity index (χ1) is 18.9. The van der Waals surface area contributed by atoms with Gasteiger partial charge in [-0.15, -0.1) is 0 Å². The molecule has 3 aliphatic rings. The van der Waals surface area contributed by atoms with Crippen molar-refractivity contribution in [1.82, 2.24) is 0 Å². The highest BCUT2D eigenvalue weighted by Gasteiger charge is 2.54. The Morgan fingerprint density at radius 3 is 1.90 bits per heavy atom. The standard InChI is InChI=1S/C37H44OSi/c1-37(2,3)38-25-15-5-6-16-26-39(4,35-31-21-11-7-17-27(31)28-18-8-12-22-32(28)35)36-33-23-13-9-19-29(33)30-20-10-14-24-34(30)36/h7-14,17-24,27,31,35-36H,5-6,15-16,25-26H2,1-4H3. The molecule has 1 nitrogen and oxygen atoms in total. The van der Waals surface area contributed by atoms with Crippen LogP contribution < -0.4 is 0 Å². The van der Waals surface area contributed by atoms with Crippen molar-refractivity contribution in [3.05, 3.63) is 119 Å². The minimum absolute atomic E-state index is 0.0386. The Labute approximate surface area is 237 Å². The van der Waals surface area contributed by atoms with Crippen molar-refractivity contribution in [1.29, 1.82) is 0 Å². The summed E-state index contributed by atoms with van der Waals surface area (Å²) >= 11 is 0. The number of benzene rings is 3. The molecule has 0 spiro atoms. The first-order valence-corrected chi connectivity index (χ1v) is 18.0. The second-order valence-corrected chi connectivity index (χ2v) is 17.9. The highest BCUT2D eigenvalue weighted by molar-refractivity contribution is 6.82. The van der Waals surface area contributed by atoms with Crippen molar-refractivity contribution in [3.63, 3.8) is 0 Å². The predicted octanol–water partition coefficient (Wildman–Crippen LogP) is 9.95. The summed E-state index contributed by atoms with van der Waals surface area (Å²) in [5, 5.41) is 0. The van der Waals surface area contributed by atoms with Gasteiger partial charge >= 0.3 is 0 Å². The Bertz CT molecular complexity index is 1330. The number of rotatable bonds is 9. The lowest BCUT2D eigenvalue weighted by Gasteiger charge is -2.44. The quantitative estimate of drug-likeness (QED) is 0.197. The smallest absolute Gasteiger partial charge is 0.0717 e. The van der Waals surface area contributed by atoms with Crippen molar-refractivity contribution in [2.24, 2.45) is 5.92 Å². The fraction of sp³-hybridized carbons (Fsp3) is 0.405. The van der Waals surface area contributed by atoms with E-state index in [4.69, 9.17) is 4.74 Å². The van der Waals surface area contributed by atoms with Gasteiger partial charge in [0.1, 0.15) is 0 Å². The van der Waals surface area contributed by atoms with Gasteiger partial charge in [-0.2, -0.15) is 0 Å². The molecule has 0 aliphatic heterocycles. The van der Waals surface area contributed by atoms with E-state index in [0.29, 0.717) is 22.9 Å². The molecule has 0 fully saturated rings. The maximum Gasteiger partial charge on any atom is 0.0717 e. The van der Waals surface area contributed by atoms with Crippen LogP contribution >= 0.6 is 0 Å². The Morgan fingerprint density at radius 2 is 1.23 bits per heavy atom. The Kier molecular flexibility index (Phi) is 7.29. The number of hydrogen-bond acceptors (Lipinski definition) is 1. The summed E-state index contributed by atoms with van der Waals surface area (Å²) < 4.78 is 6.01. The Hall–Kier alpha value is -2.68. The van der Waals surface area contributed by atoms with Gasteiger partial charge in [-0.05, 0) is 72.0 Å². The lowest BCUT2D eigenvalue weighted by atomic mass is 9.89. The van der Waals surface area contributed by atoms with Crippen LogP contribution in [0.5, 0.6) is 0 Å². The second-order valence-electron chi connectivity index (χ2n) is 13.2. The van der Waals surface area contributed by atoms with Gasteiger partial charge < -0.3 is 4.74 Å². The van der Waals surface area contributed by atoms with Gasteiger partial charge in [0.15, 0.2) is 0 Å². The van der Waals surface area contributed by atoms with Crippen LogP contribution in [-0.4, -0.2) is 20.3 Å². The lowest BCUT2D eigenvalue weighted by molar-refractivity contribution is -0.00471. The molecule has 3 aromatic rings. The Morgan fingerprint density at radius 1 is 0.667 bits per heavy atom. The van der Waals surface area contributed by atoms with Gasteiger partial charge in [0.25, 0.3) is 0 Å². The molecule has 202 valence electrons. The van der Waals surface area contributed by atoms with E-state index in [1.54, 1.807) is 22.3 Å². The van der Waals surface area contributed by atoms with Crippen LogP contribution in [0.3, 0.4) is 0 Å². The molecule has 0 amide bonds. The molecule has 0 N–H and O–H groups in total. The molecule has 4 unspecified atom stereocenters. The third kappa shape index (κ3) is 4.91. The zero-order chi connectivity index (χ0) is 27.0. The van der Waals surface area contributed by atoms with Crippen molar-refractivity contribution in [2.75, 3.05) is 6.61 Å². The normalized spacial score (nSPS) is 22.7. The van der Waals surface area contributed by atoms with Crippen LogP contribution in [0, 0.1) is 5.92 Å². The number of ether oxygens (including phenoxy) is 1. The van der Waals surface area contributed by atoms with Gasteiger partial charge in [0.05, 0.1) is 13.7 Å². The monoisotopic (exact) mass is 532 g/mol. The van der Waals surface area contributed by atoms with Crippen LogP contribution in [0.15, 0.2) is 97.1 Å². The largest absolute Gasteiger partial charge is 0.376 e. The molecule has 6 rings (SSSR count). The lowest BCUT2D eigenvalue weighted by Crippen LogP contribution is -2.47. The van der Waals surface area contributed by atoms with E-state index in [1.165, 1.54) is 36.4 Å². The van der Waals surface area contributed by atoms with Gasteiger partial charge in [0.2, 0.25) is 0 Å². The molecule has 4 atom stereocenters. The summed E-state index contributed by atoms with van der Waals surface area (Å²) in [5.74, 6) is 1.09. The SMILES string of the molecule is CC(C)(C)OCCCCCC[Si](C)(C1c2ccccc2-c2ccccc21)C1c2ccccc2C2C=CC=CC21. The molecule has 3 aliphatic carbocycles. The summed E-state index contributed by atoms with van der Waals surface area (Å²) in [6.07, 6.45) is 14.7. The first-order valence-electron chi connectivity index (χ1n) is 15.1. The molecule has 0 saturated carbocycles. The van der Waals surface area contributed by atoms with E-state index >= 15 is 0 Å². The number of fused-ring (bicyclic) bond motifs is 6. The highest BCUT2D eigenvalue weighted by atomic mass is 28.3. The van der Waals surface area contributed by atoms with Crippen LogP contribution in [-0.2, 0) is 4.74 Å². The molecule has 39 heavy (non-hydrogen) atoms. The van der Waals surface area contributed by atoms with Gasteiger partial charge in [-0.3, -0.25) is 0 Å². The van der Waals surface area contributed by atoms with Gasteiger partial charge in [-0.1, -0.05) is 129 Å². The number of hydrogen-bond donors (Lipinski definition) is 0. The average molecular weight is 533 g/mol. The van der Waals surface area contributed by atoms with Crippen LogP contribution in [0.4, 0.5) is 0 Å². The highest BCUT2D eigenvalue weighted by Crippen LogP contribution is 2.60. The molecule has 0 heterocycles. The molecule has 0 aromatic heterocycles. The third-order valence-electron chi connectivity index (χ3n) is 9.60. The topological polar surface area (TPSA) is 9.23 Å². The summed E-state index contributed by atoms with van der Waals surface area (Å²) in [7, 11) is -1.96. The Balaban J connectivity index is 1.36.